The van der Waals surface area contributed by atoms with Gasteiger partial charge in [-0.25, -0.2) is 4.79 Å². The molecule has 2 aromatic rings. The van der Waals surface area contributed by atoms with Crippen molar-refractivity contribution >= 4 is 47.0 Å². The summed E-state index contributed by atoms with van der Waals surface area (Å²) in [5, 5.41) is 13.3. The molecule has 35 heavy (non-hydrogen) atoms. The largest absolute Gasteiger partial charge is 0.456 e. The molecular formula is C24H23N3O6S2. The Balaban J connectivity index is 1.45. The predicted molar refractivity (Wildman–Crippen MR) is 133 cm³/mol. The van der Waals surface area contributed by atoms with Gasteiger partial charge in [0.05, 0.1) is 11.3 Å². The van der Waals surface area contributed by atoms with Gasteiger partial charge in [-0.15, -0.1) is 23.5 Å². The molecule has 1 N–H and O–H groups in total. The number of hydrogen-bond donors (Lipinski definition) is 1. The third kappa shape index (κ3) is 4.78. The highest BCUT2D eigenvalue weighted by Crippen LogP contribution is 2.50. The minimum atomic E-state index is -1.17. The van der Waals surface area contributed by atoms with Crippen molar-refractivity contribution in [2.45, 2.75) is 30.2 Å². The number of hydrogen-bond acceptors (Lipinski definition) is 8. The summed E-state index contributed by atoms with van der Waals surface area (Å²) in [4.78, 5) is 49.6. The van der Waals surface area contributed by atoms with E-state index in [1.54, 1.807) is 13.2 Å². The van der Waals surface area contributed by atoms with Crippen LogP contribution in [0.4, 0.5) is 5.69 Å². The van der Waals surface area contributed by atoms with Crippen LogP contribution in [-0.2, 0) is 32.1 Å². The van der Waals surface area contributed by atoms with Crippen LogP contribution in [0, 0.1) is 10.1 Å². The van der Waals surface area contributed by atoms with Gasteiger partial charge in [-0.1, -0.05) is 30.3 Å². The van der Waals surface area contributed by atoms with Crippen molar-refractivity contribution in [1.29, 1.82) is 0 Å². The molecule has 1 unspecified atom stereocenters. The van der Waals surface area contributed by atoms with Gasteiger partial charge in [0, 0.05) is 17.9 Å². The molecule has 11 heteroatoms. The van der Waals surface area contributed by atoms with Gasteiger partial charge in [0.25, 0.3) is 11.6 Å². The number of benzene rings is 2. The molecule has 0 spiro atoms. The lowest BCUT2D eigenvalue weighted by atomic mass is 10.0. The van der Waals surface area contributed by atoms with Crippen molar-refractivity contribution in [3.05, 3.63) is 87.1 Å². The summed E-state index contributed by atoms with van der Waals surface area (Å²) in [7, 11) is 0. The van der Waals surface area contributed by atoms with Gasteiger partial charge in [0.15, 0.2) is 4.87 Å². The van der Waals surface area contributed by atoms with E-state index in [0.717, 1.165) is 5.56 Å². The molecule has 0 bridgehead atoms. The topological polar surface area (TPSA) is 119 Å². The molecule has 0 radical (unpaired) electrons. The summed E-state index contributed by atoms with van der Waals surface area (Å²) in [5.74, 6) is -0.782. The Kier molecular flexibility index (Phi) is 7.18. The summed E-state index contributed by atoms with van der Waals surface area (Å²) >= 11 is 2.73. The van der Waals surface area contributed by atoms with Crippen molar-refractivity contribution in [3.8, 4) is 0 Å². The Hall–Kier alpha value is -3.31. The van der Waals surface area contributed by atoms with Gasteiger partial charge < -0.3 is 10.1 Å². The molecule has 2 heterocycles. The van der Waals surface area contributed by atoms with Crippen LogP contribution >= 0.6 is 23.5 Å². The van der Waals surface area contributed by atoms with Gasteiger partial charge in [-0.05, 0) is 42.0 Å². The Morgan fingerprint density at radius 3 is 2.51 bits per heavy atom. The maximum atomic E-state index is 13.3. The highest BCUT2D eigenvalue weighted by molar-refractivity contribution is 8.05. The van der Waals surface area contributed by atoms with Crippen molar-refractivity contribution < 1.29 is 24.0 Å². The number of rotatable bonds is 8. The molecule has 1 fully saturated rings. The number of thioether (sulfide) groups is 2. The van der Waals surface area contributed by atoms with Crippen LogP contribution in [0.15, 0.2) is 65.9 Å². The minimum absolute atomic E-state index is 0.0559. The van der Waals surface area contributed by atoms with Gasteiger partial charge in [-0.2, -0.15) is 0 Å². The Bertz CT molecular complexity index is 1200. The van der Waals surface area contributed by atoms with Crippen molar-refractivity contribution in [2.75, 3.05) is 12.0 Å². The Morgan fingerprint density at radius 1 is 1.20 bits per heavy atom. The van der Waals surface area contributed by atoms with Crippen LogP contribution in [0.2, 0.25) is 0 Å². The third-order valence-electron chi connectivity index (χ3n) is 5.79. The van der Waals surface area contributed by atoms with E-state index in [0.29, 0.717) is 16.9 Å². The zero-order valence-corrected chi connectivity index (χ0v) is 20.7. The number of amides is 2. The van der Waals surface area contributed by atoms with E-state index in [1.807, 2.05) is 30.3 Å². The average molecular weight is 514 g/mol. The summed E-state index contributed by atoms with van der Waals surface area (Å²) in [5.41, 5.74) is 2.26. The van der Waals surface area contributed by atoms with Crippen LogP contribution in [0.3, 0.4) is 0 Å². The second kappa shape index (κ2) is 10.1. The smallest absolute Gasteiger partial charge is 0.355 e. The molecule has 2 aliphatic rings. The molecule has 1 saturated heterocycles. The molecule has 2 amide bonds. The maximum Gasteiger partial charge on any atom is 0.355 e. The van der Waals surface area contributed by atoms with E-state index in [4.69, 9.17) is 4.74 Å². The summed E-state index contributed by atoms with van der Waals surface area (Å²) in [6.45, 7) is 1.68. The van der Waals surface area contributed by atoms with Crippen molar-refractivity contribution in [3.63, 3.8) is 0 Å². The van der Waals surface area contributed by atoms with E-state index in [2.05, 4.69) is 5.32 Å². The highest BCUT2D eigenvalue weighted by Gasteiger charge is 2.65. The van der Waals surface area contributed by atoms with Crippen LogP contribution in [0.5, 0.6) is 0 Å². The lowest BCUT2D eigenvalue weighted by molar-refractivity contribution is -0.384. The monoisotopic (exact) mass is 513 g/mol. The maximum absolute atomic E-state index is 13.3. The SMILES string of the molecule is CSC1(NC(=O)Cc2ccccc2)C(=O)N2C(C(=O)OCc3ccc([N+](=O)[O-])cc3)=C(C)CS[C@@H]21. The second-order valence-electron chi connectivity index (χ2n) is 8.12. The molecule has 2 aromatic carbocycles. The predicted octanol–water partition coefficient (Wildman–Crippen LogP) is 3.25. The molecule has 182 valence electrons. The van der Waals surface area contributed by atoms with Crippen LogP contribution in [0.1, 0.15) is 18.1 Å². The lowest BCUT2D eigenvalue weighted by Gasteiger charge is -2.56. The number of fused-ring (bicyclic) bond motifs is 1. The van der Waals surface area contributed by atoms with E-state index in [1.165, 1.54) is 52.7 Å². The molecular weight excluding hydrogens is 490 g/mol. The molecule has 9 nitrogen and oxygen atoms in total. The Morgan fingerprint density at radius 2 is 1.89 bits per heavy atom. The summed E-state index contributed by atoms with van der Waals surface area (Å²) in [6, 6.07) is 15.0. The van der Waals surface area contributed by atoms with E-state index < -0.39 is 21.1 Å². The lowest BCUT2D eigenvalue weighted by Crippen LogP contribution is -2.78. The number of nitrogens with one attached hydrogen (secondary N) is 1. The van der Waals surface area contributed by atoms with E-state index >= 15 is 0 Å². The number of nitrogens with zero attached hydrogens (tertiary/aromatic N) is 2. The quantitative estimate of drug-likeness (QED) is 0.188. The van der Waals surface area contributed by atoms with Crippen molar-refractivity contribution in [2.24, 2.45) is 0 Å². The van der Waals surface area contributed by atoms with Gasteiger partial charge in [0.1, 0.15) is 17.7 Å². The molecule has 4 rings (SSSR count). The molecule has 2 atom stereocenters. The first-order valence-corrected chi connectivity index (χ1v) is 13.0. The van der Waals surface area contributed by atoms with Crippen LogP contribution in [-0.4, -0.2) is 49.9 Å². The highest BCUT2D eigenvalue weighted by atomic mass is 32.2. The summed E-state index contributed by atoms with van der Waals surface area (Å²) < 4.78 is 5.44. The number of nitro benzene ring substituents is 1. The van der Waals surface area contributed by atoms with Crippen LogP contribution in [0.25, 0.3) is 0 Å². The van der Waals surface area contributed by atoms with Gasteiger partial charge >= 0.3 is 5.97 Å². The number of carbonyl (C=O) groups is 3. The first-order valence-electron chi connectivity index (χ1n) is 10.7. The van der Waals surface area contributed by atoms with Crippen molar-refractivity contribution in [1.82, 2.24) is 10.2 Å². The number of non-ortho nitro benzene ring substituents is 1. The Labute approximate surface area is 210 Å². The zero-order valence-electron chi connectivity index (χ0n) is 19.1. The zero-order chi connectivity index (χ0) is 25.2. The number of ether oxygens (including phenoxy) is 1. The number of esters is 1. The fourth-order valence-electron chi connectivity index (χ4n) is 3.99. The first-order chi connectivity index (χ1) is 16.8. The first kappa shape index (κ1) is 24.8. The normalized spacial score (nSPS) is 21.1. The fourth-order valence-corrected chi connectivity index (χ4v) is 6.56. The molecule has 2 aliphatic heterocycles. The van der Waals surface area contributed by atoms with Gasteiger partial charge in [0.2, 0.25) is 5.91 Å². The number of carbonyl (C=O) groups excluding carboxylic acids is 3. The summed E-state index contributed by atoms with van der Waals surface area (Å²) in [6.07, 6.45) is 1.91. The van der Waals surface area contributed by atoms with Crippen LogP contribution < -0.4 is 5.32 Å². The number of β-lactam (4-membered cyclic amide) rings is 1. The van der Waals surface area contributed by atoms with E-state index in [9.17, 15) is 24.5 Å². The molecule has 0 aliphatic carbocycles. The van der Waals surface area contributed by atoms with E-state index in [-0.39, 0.29) is 36.2 Å². The molecule has 0 aromatic heterocycles. The van der Waals surface area contributed by atoms with Gasteiger partial charge in [-0.3, -0.25) is 24.6 Å². The minimum Gasteiger partial charge on any atom is -0.456 e. The second-order valence-corrected chi connectivity index (χ2v) is 10.2. The number of nitro groups is 1. The average Bonchev–Trinajstić information content (AvgIpc) is 2.86. The standard InChI is InChI=1S/C24H23N3O6S2/c1-15-14-35-23-24(34-2,25-19(28)12-16-6-4-3-5-7-16)22(30)26(23)20(15)21(29)33-13-17-8-10-18(11-9-17)27(31)32/h3-11,23H,12-14H2,1-2H3,(H,25,28)/t23-,24?/m1/s1. The molecule has 0 saturated carbocycles. The fraction of sp³-hybridized carbons (Fsp3) is 0.292. The third-order valence-corrected chi connectivity index (χ3v) is 8.56.